The molecule has 1 atom stereocenters. The van der Waals surface area contributed by atoms with Gasteiger partial charge in [0.25, 0.3) is 5.69 Å². The number of carbonyl (C=O) groups excluding carboxylic acids is 1. The minimum absolute atomic E-state index is 0.0582. The van der Waals surface area contributed by atoms with Gasteiger partial charge in [-0.3, -0.25) is 19.9 Å². The molecule has 1 aliphatic heterocycles. The van der Waals surface area contributed by atoms with Crippen molar-refractivity contribution in [2.24, 2.45) is 0 Å². The van der Waals surface area contributed by atoms with E-state index in [4.69, 9.17) is 0 Å². The molecule has 1 aromatic rings. The summed E-state index contributed by atoms with van der Waals surface area (Å²) in [4.78, 5) is 25.1. The summed E-state index contributed by atoms with van der Waals surface area (Å²) in [5.74, 6) is -0.317. The summed E-state index contributed by atoms with van der Waals surface area (Å²) >= 11 is 0. The van der Waals surface area contributed by atoms with Crippen molar-refractivity contribution in [1.29, 1.82) is 0 Å². The van der Waals surface area contributed by atoms with E-state index in [1.807, 2.05) is 0 Å². The summed E-state index contributed by atoms with van der Waals surface area (Å²) in [5, 5.41) is 13.1. The summed E-state index contributed by atoms with van der Waals surface area (Å²) in [6, 6.07) is 2.90. The van der Waals surface area contributed by atoms with E-state index in [-0.39, 0.29) is 17.5 Å². The SMILES string of the molecule is O=C1NCCC1c1ccc([N+](=O)[O-])cn1. The predicted octanol–water partition coefficient (Wildman–Crippen LogP) is 0.593. The number of hydrogen-bond donors (Lipinski definition) is 1. The highest BCUT2D eigenvalue weighted by Crippen LogP contribution is 2.22. The van der Waals surface area contributed by atoms with Gasteiger partial charge in [-0.15, -0.1) is 0 Å². The van der Waals surface area contributed by atoms with Gasteiger partial charge in [-0.1, -0.05) is 0 Å². The Kier molecular flexibility index (Phi) is 2.32. The Labute approximate surface area is 85.5 Å². The molecule has 0 aromatic carbocycles. The van der Waals surface area contributed by atoms with Crippen molar-refractivity contribution in [2.45, 2.75) is 12.3 Å². The van der Waals surface area contributed by atoms with Crippen molar-refractivity contribution in [3.8, 4) is 0 Å². The largest absolute Gasteiger partial charge is 0.355 e. The van der Waals surface area contributed by atoms with E-state index in [0.717, 1.165) is 0 Å². The second kappa shape index (κ2) is 3.64. The van der Waals surface area contributed by atoms with Crippen LogP contribution in [0, 0.1) is 10.1 Å². The Balaban J connectivity index is 2.23. The molecule has 1 aromatic heterocycles. The standard InChI is InChI=1S/C9H9N3O3/c13-9-7(3-4-10-9)8-2-1-6(5-11-8)12(14)15/h1-2,5,7H,3-4H2,(H,10,13). The van der Waals surface area contributed by atoms with Crippen LogP contribution in [-0.4, -0.2) is 22.4 Å². The second-order valence-corrected chi connectivity index (χ2v) is 3.33. The maximum Gasteiger partial charge on any atom is 0.287 e. The molecule has 0 spiro atoms. The maximum atomic E-state index is 11.3. The van der Waals surface area contributed by atoms with E-state index in [1.54, 1.807) is 0 Å². The third kappa shape index (κ3) is 1.78. The fourth-order valence-corrected chi connectivity index (χ4v) is 1.59. The number of rotatable bonds is 2. The number of amides is 1. The summed E-state index contributed by atoms with van der Waals surface area (Å²) < 4.78 is 0. The second-order valence-electron chi connectivity index (χ2n) is 3.33. The van der Waals surface area contributed by atoms with Crippen molar-refractivity contribution >= 4 is 11.6 Å². The average Bonchev–Trinajstić information content (AvgIpc) is 2.65. The highest BCUT2D eigenvalue weighted by molar-refractivity contribution is 5.85. The molecule has 6 nitrogen and oxygen atoms in total. The van der Waals surface area contributed by atoms with E-state index in [9.17, 15) is 14.9 Å². The van der Waals surface area contributed by atoms with Gasteiger partial charge in [0, 0.05) is 12.6 Å². The quantitative estimate of drug-likeness (QED) is 0.568. The third-order valence-corrected chi connectivity index (χ3v) is 2.39. The van der Waals surface area contributed by atoms with E-state index >= 15 is 0 Å². The van der Waals surface area contributed by atoms with Gasteiger partial charge in [0.05, 0.1) is 16.5 Å². The number of carbonyl (C=O) groups is 1. The van der Waals surface area contributed by atoms with Crippen LogP contribution in [0.4, 0.5) is 5.69 Å². The third-order valence-electron chi connectivity index (χ3n) is 2.39. The molecule has 2 heterocycles. The Morgan fingerprint density at radius 1 is 1.53 bits per heavy atom. The van der Waals surface area contributed by atoms with Crippen molar-refractivity contribution < 1.29 is 9.72 Å². The minimum Gasteiger partial charge on any atom is -0.355 e. The molecule has 0 saturated carbocycles. The Morgan fingerprint density at radius 3 is 2.80 bits per heavy atom. The molecule has 0 bridgehead atoms. The number of nitro groups is 1. The van der Waals surface area contributed by atoms with Crippen LogP contribution >= 0.6 is 0 Å². The lowest BCUT2D eigenvalue weighted by Crippen LogP contribution is -2.18. The molecule has 6 heteroatoms. The molecule has 1 amide bonds. The first-order valence-electron chi connectivity index (χ1n) is 4.56. The highest BCUT2D eigenvalue weighted by Gasteiger charge is 2.27. The van der Waals surface area contributed by atoms with Gasteiger partial charge in [-0.2, -0.15) is 0 Å². The first kappa shape index (κ1) is 9.57. The van der Waals surface area contributed by atoms with E-state index in [2.05, 4.69) is 10.3 Å². The lowest BCUT2D eigenvalue weighted by molar-refractivity contribution is -0.385. The number of hydrogen-bond acceptors (Lipinski definition) is 4. The van der Waals surface area contributed by atoms with Gasteiger partial charge in [0.1, 0.15) is 6.20 Å². The van der Waals surface area contributed by atoms with Gasteiger partial charge in [0.2, 0.25) is 5.91 Å². The van der Waals surface area contributed by atoms with E-state index in [1.165, 1.54) is 18.3 Å². The van der Waals surface area contributed by atoms with Crippen molar-refractivity contribution in [3.05, 3.63) is 34.1 Å². The molecule has 1 aliphatic rings. The van der Waals surface area contributed by atoms with Gasteiger partial charge in [-0.25, -0.2) is 0 Å². The molecule has 0 aliphatic carbocycles. The van der Waals surface area contributed by atoms with Crippen molar-refractivity contribution in [3.63, 3.8) is 0 Å². The summed E-state index contributed by atoms with van der Waals surface area (Å²) in [5.41, 5.74) is 0.535. The van der Waals surface area contributed by atoms with E-state index in [0.29, 0.717) is 18.7 Å². The topological polar surface area (TPSA) is 85.1 Å². The highest BCUT2D eigenvalue weighted by atomic mass is 16.6. The zero-order valence-corrected chi connectivity index (χ0v) is 7.84. The average molecular weight is 207 g/mol. The molecule has 1 fully saturated rings. The Hall–Kier alpha value is -1.98. The molecule has 1 unspecified atom stereocenters. The normalized spacial score (nSPS) is 20.0. The first-order chi connectivity index (χ1) is 7.18. The smallest absolute Gasteiger partial charge is 0.287 e. The molecule has 0 radical (unpaired) electrons. The van der Waals surface area contributed by atoms with Gasteiger partial charge < -0.3 is 5.32 Å². The minimum atomic E-state index is -0.508. The van der Waals surface area contributed by atoms with Crippen LogP contribution < -0.4 is 5.32 Å². The van der Waals surface area contributed by atoms with Crippen LogP contribution in [0.2, 0.25) is 0 Å². The fourth-order valence-electron chi connectivity index (χ4n) is 1.59. The predicted molar refractivity (Wildman–Crippen MR) is 51.3 cm³/mol. The van der Waals surface area contributed by atoms with Gasteiger partial charge in [0.15, 0.2) is 0 Å². The number of nitrogens with zero attached hydrogens (tertiary/aromatic N) is 2. The summed E-state index contributed by atoms with van der Waals surface area (Å²) in [6.07, 6.45) is 1.88. The van der Waals surface area contributed by atoms with Crippen LogP contribution in [-0.2, 0) is 4.79 Å². The van der Waals surface area contributed by atoms with Crippen LogP contribution in [0.1, 0.15) is 18.0 Å². The van der Waals surface area contributed by atoms with Crippen LogP contribution in [0.25, 0.3) is 0 Å². The van der Waals surface area contributed by atoms with E-state index < -0.39 is 4.92 Å². The fraction of sp³-hybridized carbons (Fsp3) is 0.333. The number of aromatic nitrogens is 1. The van der Waals surface area contributed by atoms with Gasteiger partial charge in [-0.05, 0) is 12.5 Å². The van der Waals surface area contributed by atoms with Crippen LogP contribution in [0.15, 0.2) is 18.3 Å². The number of pyridine rings is 1. The van der Waals surface area contributed by atoms with Crippen molar-refractivity contribution in [1.82, 2.24) is 10.3 Å². The maximum absolute atomic E-state index is 11.3. The summed E-state index contributed by atoms with van der Waals surface area (Å²) in [7, 11) is 0. The van der Waals surface area contributed by atoms with Crippen molar-refractivity contribution in [2.75, 3.05) is 6.54 Å². The molecule has 1 N–H and O–H groups in total. The zero-order valence-electron chi connectivity index (χ0n) is 7.84. The Morgan fingerprint density at radius 2 is 2.33 bits per heavy atom. The molecular formula is C9H9N3O3. The van der Waals surface area contributed by atoms with Gasteiger partial charge >= 0.3 is 0 Å². The number of nitrogens with one attached hydrogen (secondary N) is 1. The molecule has 78 valence electrons. The monoisotopic (exact) mass is 207 g/mol. The lowest BCUT2D eigenvalue weighted by Gasteiger charge is -2.04. The Bertz CT molecular complexity index is 402. The lowest BCUT2D eigenvalue weighted by atomic mass is 10.0. The first-order valence-corrected chi connectivity index (χ1v) is 4.56. The molecular weight excluding hydrogens is 198 g/mol. The van der Waals surface area contributed by atoms with Crippen LogP contribution in [0.5, 0.6) is 0 Å². The zero-order chi connectivity index (χ0) is 10.8. The summed E-state index contributed by atoms with van der Waals surface area (Å²) in [6.45, 7) is 0.641. The molecule has 15 heavy (non-hydrogen) atoms. The molecule has 1 saturated heterocycles. The van der Waals surface area contributed by atoms with Crippen LogP contribution in [0.3, 0.4) is 0 Å². The molecule has 2 rings (SSSR count).